The number of carbonyl (C=O) groups excluding carboxylic acids is 3. The Kier molecular flexibility index (Phi) is 4.52. The summed E-state index contributed by atoms with van der Waals surface area (Å²) in [5.74, 6) is 0.265. The zero-order chi connectivity index (χ0) is 15.7. The predicted octanol–water partition coefficient (Wildman–Crippen LogP) is 2.20. The van der Waals surface area contributed by atoms with E-state index in [1.54, 1.807) is 7.05 Å². The van der Waals surface area contributed by atoms with Gasteiger partial charge in [0.1, 0.15) is 11.6 Å². The first kappa shape index (κ1) is 16.5. The van der Waals surface area contributed by atoms with Crippen molar-refractivity contribution in [1.82, 2.24) is 5.01 Å². The summed E-state index contributed by atoms with van der Waals surface area (Å²) in [6.45, 7) is 9.53. The first-order chi connectivity index (χ1) is 8.95. The number of nitrogens with zero attached hydrogens (tertiary/aromatic N) is 2. The van der Waals surface area contributed by atoms with Gasteiger partial charge in [-0.2, -0.15) is 5.10 Å². The molecule has 20 heavy (non-hydrogen) atoms. The normalized spacial score (nSPS) is 24.2. The number of ketones is 2. The molecule has 0 radical (unpaired) electrons. The molecule has 1 heterocycles. The quantitative estimate of drug-likeness (QED) is 0.639. The molecule has 1 fully saturated rings. The van der Waals surface area contributed by atoms with Crippen LogP contribution in [-0.2, 0) is 14.4 Å². The Labute approximate surface area is 120 Å². The third kappa shape index (κ3) is 3.74. The van der Waals surface area contributed by atoms with E-state index in [2.05, 4.69) is 5.10 Å². The van der Waals surface area contributed by atoms with Crippen LogP contribution in [0.4, 0.5) is 0 Å². The lowest BCUT2D eigenvalue weighted by atomic mass is 9.64. The molecule has 1 aliphatic heterocycles. The minimum Gasteiger partial charge on any atom is -0.299 e. The fraction of sp³-hybridized carbons (Fsp3) is 0.733. The lowest BCUT2D eigenvalue weighted by molar-refractivity contribution is -0.144. The number of hydrazone groups is 1. The highest BCUT2D eigenvalue weighted by Crippen LogP contribution is 2.41. The van der Waals surface area contributed by atoms with E-state index in [-0.39, 0.29) is 34.7 Å². The van der Waals surface area contributed by atoms with Gasteiger partial charge < -0.3 is 0 Å². The molecule has 5 heteroatoms. The summed E-state index contributed by atoms with van der Waals surface area (Å²) in [6, 6.07) is 0. The highest BCUT2D eigenvalue weighted by molar-refractivity contribution is 6.06. The Morgan fingerprint density at radius 2 is 1.40 bits per heavy atom. The molecule has 0 saturated heterocycles. The maximum Gasteiger partial charge on any atom is 0.248 e. The third-order valence-electron chi connectivity index (χ3n) is 3.80. The molecule has 1 amide bonds. The van der Waals surface area contributed by atoms with Crippen molar-refractivity contribution in [2.45, 2.75) is 53.9 Å². The lowest BCUT2D eigenvalue weighted by Gasteiger charge is -2.37. The van der Waals surface area contributed by atoms with Gasteiger partial charge in [0.05, 0.1) is 12.8 Å². The molecule has 1 saturated carbocycles. The monoisotopic (exact) mass is 280 g/mol. The summed E-state index contributed by atoms with van der Waals surface area (Å²) < 4.78 is 0. The Morgan fingerprint density at radius 3 is 1.60 bits per heavy atom. The smallest absolute Gasteiger partial charge is 0.248 e. The first-order valence-corrected chi connectivity index (χ1v) is 6.83. The molecule has 0 aromatic rings. The molecule has 0 N–H and O–H groups in total. The van der Waals surface area contributed by atoms with E-state index in [1.807, 2.05) is 34.6 Å². The van der Waals surface area contributed by atoms with Gasteiger partial charge in [0.25, 0.3) is 0 Å². The molecule has 112 valence electrons. The van der Waals surface area contributed by atoms with E-state index in [0.717, 1.165) is 5.71 Å². The zero-order valence-electron chi connectivity index (χ0n) is 13.2. The van der Waals surface area contributed by atoms with E-state index in [4.69, 9.17) is 0 Å². The second kappa shape index (κ2) is 5.46. The van der Waals surface area contributed by atoms with Crippen LogP contribution < -0.4 is 0 Å². The standard InChI is InChI=1S/C10H16O2.C5H8N2O/c1-9(2)6-10(3,4)8(12)5-7(9)11;1-4-3-5(8)7(2)6-4/h5-6H2,1-4H3;3H2,1-2H3. The van der Waals surface area contributed by atoms with Crippen molar-refractivity contribution in [1.29, 1.82) is 0 Å². The van der Waals surface area contributed by atoms with Crippen LogP contribution in [-0.4, -0.2) is 35.2 Å². The molecule has 1 aliphatic carbocycles. The van der Waals surface area contributed by atoms with Gasteiger partial charge in [-0.15, -0.1) is 0 Å². The number of Topliss-reactive ketones (excluding diaryl/α,β-unsaturated/α-hetero) is 2. The van der Waals surface area contributed by atoms with Gasteiger partial charge >= 0.3 is 0 Å². The Bertz CT molecular complexity index is 452. The average Bonchev–Trinajstić information content (AvgIpc) is 2.53. The second-order valence-electron chi connectivity index (χ2n) is 6.90. The first-order valence-electron chi connectivity index (χ1n) is 6.83. The van der Waals surface area contributed by atoms with Crippen molar-refractivity contribution in [3.05, 3.63) is 0 Å². The van der Waals surface area contributed by atoms with Gasteiger partial charge in [-0.1, -0.05) is 27.7 Å². The summed E-state index contributed by atoms with van der Waals surface area (Å²) in [7, 11) is 1.67. The zero-order valence-corrected chi connectivity index (χ0v) is 13.2. The Morgan fingerprint density at radius 1 is 0.950 bits per heavy atom. The van der Waals surface area contributed by atoms with Crippen LogP contribution in [0.25, 0.3) is 0 Å². The van der Waals surface area contributed by atoms with E-state index >= 15 is 0 Å². The van der Waals surface area contributed by atoms with Gasteiger partial charge in [-0.3, -0.25) is 14.4 Å². The van der Waals surface area contributed by atoms with E-state index in [1.165, 1.54) is 5.01 Å². The van der Waals surface area contributed by atoms with Crippen LogP contribution in [0.5, 0.6) is 0 Å². The topological polar surface area (TPSA) is 66.8 Å². The van der Waals surface area contributed by atoms with E-state index < -0.39 is 0 Å². The number of rotatable bonds is 0. The summed E-state index contributed by atoms with van der Waals surface area (Å²) in [4.78, 5) is 33.4. The van der Waals surface area contributed by atoms with Gasteiger partial charge in [0, 0.05) is 23.6 Å². The fourth-order valence-electron chi connectivity index (χ4n) is 2.61. The van der Waals surface area contributed by atoms with Crippen LogP contribution in [0.1, 0.15) is 53.9 Å². The minimum absolute atomic E-state index is 0.0856. The highest BCUT2D eigenvalue weighted by Gasteiger charge is 2.44. The molecule has 0 aromatic carbocycles. The Hall–Kier alpha value is -1.52. The number of carbonyl (C=O) groups is 3. The molecule has 0 bridgehead atoms. The molecule has 0 atom stereocenters. The van der Waals surface area contributed by atoms with Crippen molar-refractivity contribution in [2.75, 3.05) is 7.05 Å². The SMILES string of the molecule is CC1(C)CC(C)(C)C(=O)CC1=O.CC1=NN(C)C(=O)C1. The van der Waals surface area contributed by atoms with Crippen LogP contribution in [0.15, 0.2) is 5.10 Å². The van der Waals surface area contributed by atoms with Crippen molar-refractivity contribution in [3.63, 3.8) is 0 Å². The summed E-state index contributed by atoms with van der Waals surface area (Å²) in [5.41, 5.74) is 0.284. The number of amides is 1. The van der Waals surface area contributed by atoms with E-state index in [9.17, 15) is 14.4 Å². The van der Waals surface area contributed by atoms with Crippen molar-refractivity contribution in [2.24, 2.45) is 15.9 Å². The molecular weight excluding hydrogens is 256 g/mol. The average molecular weight is 280 g/mol. The van der Waals surface area contributed by atoms with Gasteiger partial charge in [-0.05, 0) is 13.3 Å². The summed E-state index contributed by atoms with van der Waals surface area (Å²) in [6.07, 6.45) is 1.30. The summed E-state index contributed by atoms with van der Waals surface area (Å²) in [5, 5.41) is 5.24. The second-order valence-corrected chi connectivity index (χ2v) is 6.90. The molecule has 5 nitrogen and oxygen atoms in total. The molecule has 2 aliphatic rings. The van der Waals surface area contributed by atoms with E-state index in [0.29, 0.717) is 12.8 Å². The fourth-order valence-corrected chi connectivity index (χ4v) is 2.61. The van der Waals surface area contributed by atoms with Crippen molar-refractivity contribution >= 4 is 23.2 Å². The van der Waals surface area contributed by atoms with Crippen LogP contribution in [0, 0.1) is 10.8 Å². The maximum atomic E-state index is 11.4. The highest BCUT2D eigenvalue weighted by atomic mass is 16.2. The van der Waals surface area contributed by atoms with Gasteiger partial charge in [0.2, 0.25) is 5.91 Å². The largest absolute Gasteiger partial charge is 0.299 e. The number of hydrogen-bond acceptors (Lipinski definition) is 4. The van der Waals surface area contributed by atoms with Crippen molar-refractivity contribution < 1.29 is 14.4 Å². The molecule has 0 unspecified atom stereocenters. The lowest BCUT2D eigenvalue weighted by Crippen LogP contribution is -2.42. The van der Waals surface area contributed by atoms with Crippen LogP contribution >= 0.6 is 0 Å². The van der Waals surface area contributed by atoms with Gasteiger partial charge in [0.15, 0.2) is 0 Å². The predicted molar refractivity (Wildman–Crippen MR) is 77.3 cm³/mol. The molecule has 0 aromatic heterocycles. The Balaban J connectivity index is 0.000000217. The third-order valence-corrected chi connectivity index (χ3v) is 3.80. The van der Waals surface area contributed by atoms with Gasteiger partial charge in [-0.25, -0.2) is 5.01 Å². The molecule has 2 rings (SSSR count). The van der Waals surface area contributed by atoms with Crippen molar-refractivity contribution in [3.8, 4) is 0 Å². The molecular formula is C15H24N2O3. The van der Waals surface area contributed by atoms with Crippen LogP contribution in [0.3, 0.4) is 0 Å². The molecule has 0 spiro atoms. The maximum absolute atomic E-state index is 11.4. The number of hydrogen-bond donors (Lipinski definition) is 0. The minimum atomic E-state index is -0.308. The summed E-state index contributed by atoms with van der Waals surface area (Å²) >= 11 is 0. The van der Waals surface area contributed by atoms with Crippen LogP contribution in [0.2, 0.25) is 0 Å².